The van der Waals surface area contributed by atoms with Crippen LogP contribution in [0.1, 0.15) is 64.7 Å². The van der Waals surface area contributed by atoms with Gasteiger partial charge in [0.15, 0.2) is 0 Å². The molecule has 17 heavy (non-hydrogen) atoms. The molecule has 4 nitrogen and oxygen atoms in total. The van der Waals surface area contributed by atoms with Gasteiger partial charge in [0.1, 0.15) is 0 Å². The number of phosphoric acid groups is 1. The average molecular weight is 292 g/mol. The summed E-state index contributed by atoms with van der Waals surface area (Å²) in [6.07, 6.45) is 12.4. The van der Waals surface area contributed by atoms with Crippen LogP contribution < -0.4 is 51.4 Å². The quantitative estimate of drug-likeness (QED) is 0.262. The van der Waals surface area contributed by atoms with Gasteiger partial charge in [-0.05, 0) is 0 Å². The van der Waals surface area contributed by atoms with Crippen LogP contribution in [0.5, 0.6) is 0 Å². The summed E-state index contributed by atoms with van der Waals surface area (Å²) in [5.41, 5.74) is 0. The largest absolute Gasteiger partial charge is 1.00 e. The van der Waals surface area contributed by atoms with Gasteiger partial charge in [0.25, 0.3) is 0 Å². The first kappa shape index (κ1) is 23.8. The van der Waals surface area contributed by atoms with Gasteiger partial charge in [0, 0.05) is 0 Å². The van der Waals surface area contributed by atoms with Crippen molar-refractivity contribution in [3.8, 4) is 0 Å². The first-order valence-corrected chi connectivity index (χ1v) is 7.55. The SMILES string of the molecule is O=P(O)(O)O.[CH2-]CCCCCCCCCC.[K+]. The molecule has 0 spiro atoms. The summed E-state index contributed by atoms with van der Waals surface area (Å²) in [5, 5.41) is 0. The molecule has 6 heteroatoms. The van der Waals surface area contributed by atoms with E-state index in [0.717, 1.165) is 6.42 Å². The fourth-order valence-corrected chi connectivity index (χ4v) is 1.31. The molecular weight excluding hydrogens is 266 g/mol. The van der Waals surface area contributed by atoms with Gasteiger partial charge in [-0.15, -0.1) is 0 Å². The van der Waals surface area contributed by atoms with Crippen molar-refractivity contribution in [2.24, 2.45) is 0 Å². The Bertz CT molecular complexity index is 157. The summed E-state index contributed by atoms with van der Waals surface area (Å²) in [7, 11) is -4.64. The maximum Gasteiger partial charge on any atom is 1.00 e. The van der Waals surface area contributed by atoms with Crippen molar-refractivity contribution < 1.29 is 70.6 Å². The molecule has 0 aromatic heterocycles. The monoisotopic (exact) mass is 292 g/mol. The Morgan fingerprint density at radius 2 is 1.18 bits per heavy atom. The van der Waals surface area contributed by atoms with Gasteiger partial charge < -0.3 is 21.6 Å². The molecule has 100 valence electrons. The Labute approximate surface area is 148 Å². The molecule has 3 N–H and O–H groups in total. The van der Waals surface area contributed by atoms with Crippen molar-refractivity contribution in [1.82, 2.24) is 0 Å². The molecule has 0 unspecified atom stereocenters. The van der Waals surface area contributed by atoms with E-state index in [1.165, 1.54) is 51.4 Å². The van der Waals surface area contributed by atoms with E-state index in [-0.39, 0.29) is 51.4 Å². The third kappa shape index (κ3) is 46.3. The van der Waals surface area contributed by atoms with Crippen molar-refractivity contribution in [3.05, 3.63) is 6.92 Å². The molecular formula is C11H26KO4P. The smallest absolute Gasteiger partial charge is 0.343 e. The summed E-state index contributed by atoms with van der Waals surface area (Å²) in [6, 6.07) is 0. The predicted molar refractivity (Wildman–Crippen MR) is 66.8 cm³/mol. The molecule has 0 radical (unpaired) electrons. The van der Waals surface area contributed by atoms with E-state index in [1.807, 2.05) is 0 Å². The van der Waals surface area contributed by atoms with Crippen LogP contribution in [0.4, 0.5) is 0 Å². The Morgan fingerprint density at radius 3 is 1.47 bits per heavy atom. The van der Waals surface area contributed by atoms with Crippen molar-refractivity contribution in [2.45, 2.75) is 64.7 Å². The molecule has 0 saturated heterocycles. The zero-order chi connectivity index (χ0) is 12.9. The molecule has 0 heterocycles. The van der Waals surface area contributed by atoms with E-state index in [1.54, 1.807) is 0 Å². The van der Waals surface area contributed by atoms with Crippen LogP contribution in [0.15, 0.2) is 0 Å². The van der Waals surface area contributed by atoms with Gasteiger partial charge >= 0.3 is 59.2 Å². The maximum absolute atomic E-state index is 8.88. The van der Waals surface area contributed by atoms with E-state index in [2.05, 4.69) is 13.8 Å². The Kier molecular flexibility index (Phi) is 24.9. The fraction of sp³-hybridized carbons (Fsp3) is 0.909. The molecule has 0 bridgehead atoms. The normalized spacial score (nSPS) is 10.2. The van der Waals surface area contributed by atoms with Crippen LogP contribution in [0, 0.1) is 6.92 Å². The first-order valence-electron chi connectivity index (χ1n) is 5.99. The zero-order valence-corrected chi connectivity index (χ0v) is 15.3. The summed E-state index contributed by atoms with van der Waals surface area (Å²) in [6.45, 7) is 6.10. The van der Waals surface area contributed by atoms with Crippen molar-refractivity contribution in [3.63, 3.8) is 0 Å². The van der Waals surface area contributed by atoms with Gasteiger partial charge in [-0.25, -0.2) is 4.57 Å². The fourth-order valence-electron chi connectivity index (χ4n) is 1.31. The van der Waals surface area contributed by atoms with Crippen LogP contribution >= 0.6 is 7.82 Å². The molecule has 0 aromatic rings. The minimum absolute atomic E-state index is 0. The Morgan fingerprint density at radius 1 is 0.882 bits per heavy atom. The zero-order valence-electron chi connectivity index (χ0n) is 11.3. The molecule has 0 rings (SSSR count). The summed E-state index contributed by atoms with van der Waals surface area (Å²) in [5.74, 6) is 0. The van der Waals surface area contributed by atoms with Crippen molar-refractivity contribution >= 4 is 7.82 Å². The topological polar surface area (TPSA) is 77.8 Å². The second kappa shape index (κ2) is 17.7. The molecule has 0 fully saturated rings. The summed E-state index contributed by atoms with van der Waals surface area (Å²) in [4.78, 5) is 21.6. The molecule has 0 aliphatic carbocycles. The minimum Gasteiger partial charge on any atom is -0.343 e. The van der Waals surface area contributed by atoms with E-state index >= 15 is 0 Å². The third-order valence-electron chi connectivity index (χ3n) is 2.10. The van der Waals surface area contributed by atoms with Crippen molar-refractivity contribution in [1.29, 1.82) is 0 Å². The number of hydrogen-bond donors (Lipinski definition) is 3. The van der Waals surface area contributed by atoms with Gasteiger partial charge in [-0.3, -0.25) is 0 Å². The molecule has 0 atom stereocenters. The molecule has 0 aromatic carbocycles. The summed E-state index contributed by atoms with van der Waals surface area (Å²) < 4.78 is 8.88. The maximum atomic E-state index is 8.88. The van der Waals surface area contributed by atoms with E-state index in [0.29, 0.717) is 0 Å². The third-order valence-corrected chi connectivity index (χ3v) is 2.10. The Hall–Kier alpha value is 1.75. The standard InChI is InChI=1S/C11H23.K.H3O4P/c1-3-5-7-9-11-10-8-6-4-2;;1-5(2,3)4/h1,3-11H2,2H3;;(H3,1,2,3,4)/q-1;+1;. The van der Waals surface area contributed by atoms with Crippen LogP contribution in [0.25, 0.3) is 0 Å². The number of unbranched alkanes of at least 4 members (excludes halogenated alkanes) is 8. The molecule has 0 saturated carbocycles. The molecule has 0 aliphatic heterocycles. The second-order valence-electron chi connectivity index (χ2n) is 3.84. The van der Waals surface area contributed by atoms with Crippen LogP contribution in [0.3, 0.4) is 0 Å². The Balaban J connectivity index is -0.000000280. The van der Waals surface area contributed by atoms with Gasteiger partial charge in [0.2, 0.25) is 0 Å². The van der Waals surface area contributed by atoms with Crippen molar-refractivity contribution in [2.75, 3.05) is 0 Å². The van der Waals surface area contributed by atoms with E-state index in [9.17, 15) is 0 Å². The summed E-state index contributed by atoms with van der Waals surface area (Å²) >= 11 is 0. The minimum atomic E-state index is -4.64. The van der Waals surface area contributed by atoms with Crippen LogP contribution in [0.2, 0.25) is 0 Å². The molecule has 0 amide bonds. The number of hydrogen-bond acceptors (Lipinski definition) is 1. The first-order chi connectivity index (χ1) is 7.41. The van der Waals surface area contributed by atoms with Crippen LogP contribution in [-0.2, 0) is 4.57 Å². The molecule has 0 aliphatic rings. The van der Waals surface area contributed by atoms with E-state index < -0.39 is 7.82 Å². The second-order valence-corrected chi connectivity index (χ2v) is 4.87. The van der Waals surface area contributed by atoms with Gasteiger partial charge in [-0.1, -0.05) is 58.3 Å². The number of rotatable bonds is 8. The van der Waals surface area contributed by atoms with Crippen LogP contribution in [-0.4, -0.2) is 14.7 Å². The average Bonchev–Trinajstić information content (AvgIpc) is 2.14. The predicted octanol–water partition coefficient (Wildman–Crippen LogP) is 0.427. The van der Waals surface area contributed by atoms with Gasteiger partial charge in [0.05, 0.1) is 0 Å². The van der Waals surface area contributed by atoms with Gasteiger partial charge in [-0.2, -0.15) is 6.42 Å². The van der Waals surface area contributed by atoms with E-state index in [4.69, 9.17) is 19.2 Å².